The monoisotopic (exact) mass is 1470 g/mol. The largest absolute Gasteiger partial charge is 0.309 e. The molecule has 4 heterocycles. The summed E-state index contributed by atoms with van der Waals surface area (Å²) in [5, 5.41) is 20.1. The highest BCUT2D eigenvalue weighted by atomic mass is 15.0. The summed E-state index contributed by atoms with van der Waals surface area (Å²) in [5.41, 5.74) is 28.9. The maximum atomic E-state index is 2.46. The molecule has 0 amide bonds. The molecular formula is C112H72N4. The van der Waals surface area contributed by atoms with Crippen LogP contribution in [0.1, 0.15) is 0 Å². The van der Waals surface area contributed by atoms with Crippen LogP contribution in [0.2, 0.25) is 0 Å². The van der Waals surface area contributed by atoms with E-state index in [9.17, 15) is 0 Å². The van der Waals surface area contributed by atoms with Gasteiger partial charge in [0.05, 0.1) is 55.5 Å². The van der Waals surface area contributed by atoms with Gasteiger partial charge in [-0.15, -0.1) is 0 Å². The predicted octanol–water partition coefficient (Wildman–Crippen LogP) is 30.4. The lowest BCUT2D eigenvalue weighted by atomic mass is 9.99. The second-order valence-electron chi connectivity index (χ2n) is 30.6. The van der Waals surface area contributed by atoms with Gasteiger partial charge in [0.1, 0.15) is 0 Å². The highest BCUT2D eigenvalue weighted by Crippen LogP contribution is 2.45. The second kappa shape index (κ2) is 27.2. The number of hydrogen-bond acceptors (Lipinski definition) is 0. The van der Waals surface area contributed by atoms with Crippen molar-refractivity contribution in [3.63, 3.8) is 0 Å². The van der Waals surface area contributed by atoms with Gasteiger partial charge < -0.3 is 18.3 Å². The van der Waals surface area contributed by atoms with Crippen LogP contribution in [0, 0.1) is 0 Å². The van der Waals surface area contributed by atoms with Crippen LogP contribution in [-0.2, 0) is 0 Å². The number of nitrogens with zero attached hydrogens (tertiary/aromatic N) is 4. The quantitative estimate of drug-likeness (QED) is 0.122. The molecule has 0 saturated carbocycles. The lowest BCUT2D eigenvalue weighted by Gasteiger charge is -2.14. The summed E-state index contributed by atoms with van der Waals surface area (Å²) in [7, 11) is 0. The van der Waals surface area contributed by atoms with E-state index in [-0.39, 0.29) is 0 Å². The molecule has 20 aromatic carbocycles. The molecule has 0 aliphatic heterocycles. The Bertz CT molecular complexity index is 8030. The molecule has 0 unspecified atom stereocenters. The molecule has 0 aliphatic carbocycles. The van der Waals surface area contributed by atoms with Gasteiger partial charge in [0.15, 0.2) is 0 Å². The van der Waals surface area contributed by atoms with Crippen LogP contribution in [0.4, 0.5) is 0 Å². The Balaban J connectivity index is 0.000000137. The summed E-state index contributed by atoms with van der Waals surface area (Å²) < 4.78 is 9.75. The van der Waals surface area contributed by atoms with Crippen molar-refractivity contribution in [3.05, 3.63) is 437 Å². The molecule has 24 rings (SSSR count). The first-order chi connectivity index (χ1) is 57.5. The molecule has 0 fully saturated rings. The first-order valence-electron chi connectivity index (χ1n) is 40.0. The van der Waals surface area contributed by atoms with Crippen LogP contribution in [0.25, 0.3) is 220 Å². The number of fused-ring (bicyclic) bond motifs is 18. The van der Waals surface area contributed by atoms with E-state index < -0.39 is 0 Å². The summed E-state index contributed by atoms with van der Waals surface area (Å²) in [6.45, 7) is 0. The van der Waals surface area contributed by atoms with Crippen molar-refractivity contribution in [2.24, 2.45) is 0 Å². The number of para-hydroxylation sites is 4. The summed E-state index contributed by atoms with van der Waals surface area (Å²) in [4.78, 5) is 0. The van der Waals surface area contributed by atoms with Gasteiger partial charge in [-0.1, -0.05) is 328 Å². The fraction of sp³-hybridized carbons (Fsp3) is 0. The average Bonchev–Trinajstić information content (AvgIpc) is 1.56. The maximum absolute atomic E-state index is 2.46. The molecule has 0 bridgehead atoms. The third-order valence-electron chi connectivity index (χ3n) is 24.2. The van der Waals surface area contributed by atoms with Crippen molar-refractivity contribution in [2.75, 3.05) is 0 Å². The van der Waals surface area contributed by atoms with Crippen molar-refractivity contribution in [2.45, 2.75) is 0 Å². The number of benzene rings is 20. The van der Waals surface area contributed by atoms with Gasteiger partial charge in [0.2, 0.25) is 0 Å². The third-order valence-corrected chi connectivity index (χ3v) is 24.2. The predicted molar refractivity (Wildman–Crippen MR) is 493 cm³/mol. The molecule has 0 aliphatic rings. The van der Waals surface area contributed by atoms with Crippen molar-refractivity contribution < 1.29 is 0 Å². The van der Waals surface area contributed by atoms with Gasteiger partial charge in [0.25, 0.3) is 0 Å². The molecule has 0 saturated heterocycles. The van der Waals surface area contributed by atoms with Gasteiger partial charge >= 0.3 is 0 Å². The molecule has 4 heteroatoms. The van der Waals surface area contributed by atoms with Gasteiger partial charge in [-0.2, -0.15) is 0 Å². The average molecular weight is 1470 g/mol. The highest BCUT2D eigenvalue weighted by Gasteiger charge is 2.22. The lowest BCUT2D eigenvalue weighted by Crippen LogP contribution is -1.96. The molecule has 0 radical (unpaired) electrons. The first-order valence-corrected chi connectivity index (χ1v) is 40.0. The van der Waals surface area contributed by atoms with Crippen LogP contribution in [0.3, 0.4) is 0 Å². The number of rotatable bonds is 10. The Morgan fingerprint density at radius 2 is 0.353 bits per heavy atom. The Morgan fingerprint density at radius 3 is 0.733 bits per heavy atom. The number of hydrogen-bond donors (Lipinski definition) is 0. The normalized spacial score (nSPS) is 11.8. The third kappa shape index (κ3) is 11.0. The van der Waals surface area contributed by atoms with Crippen LogP contribution >= 0.6 is 0 Å². The Hall–Kier alpha value is -15.4. The van der Waals surface area contributed by atoms with E-state index in [4.69, 9.17) is 0 Å². The van der Waals surface area contributed by atoms with Gasteiger partial charge in [-0.05, 0) is 208 Å². The summed E-state index contributed by atoms with van der Waals surface area (Å²) >= 11 is 0. The zero-order valence-electron chi connectivity index (χ0n) is 63.4. The van der Waals surface area contributed by atoms with E-state index in [0.29, 0.717) is 0 Å². The second-order valence-corrected chi connectivity index (χ2v) is 30.6. The molecule has 0 spiro atoms. The van der Waals surface area contributed by atoms with Gasteiger partial charge in [-0.25, -0.2) is 0 Å². The standard InChI is InChI=1S/2C56H36N2/c1-2-13-37(14-3-1)38-25-27-39(28-26-38)40-16-12-17-44(33-40)57-52-23-10-8-21-48(52)50-34-41(29-31-54(50)57)42-30-32-55-51(35-42)49-22-9-11-24-53(49)58(55)56-36-43-15-4-5-18-45(43)46-19-6-7-20-47(46)56;1-2-12-37(13-3-1)38-22-24-39(25-23-38)40-26-30-44(31-27-40)57-52-20-10-8-18-48(52)50-34-41(28-32-54(50)57)42-29-33-55-51(35-42)49-19-9-11-21-53(49)58(55)56-36-43-14-4-5-15-45(43)46-16-6-7-17-47(46)56/h2*1-36H. The van der Waals surface area contributed by atoms with Crippen LogP contribution in [0.15, 0.2) is 437 Å². The molecule has 0 atom stereocenters. The molecule has 4 aromatic heterocycles. The summed E-state index contributed by atoms with van der Waals surface area (Å²) in [6.07, 6.45) is 0. The van der Waals surface area contributed by atoms with E-state index >= 15 is 0 Å². The number of aromatic nitrogens is 4. The van der Waals surface area contributed by atoms with E-state index in [1.165, 1.54) is 208 Å². The zero-order chi connectivity index (χ0) is 76.3. The Labute approximate surface area is 670 Å². The molecular weight excluding hydrogens is 1400 g/mol. The minimum absolute atomic E-state index is 1.15. The van der Waals surface area contributed by atoms with E-state index in [1.54, 1.807) is 0 Å². The molecule has 4 nitrogen and oxygen atoms in total. The molecule has 0 N–H and O–H groups in total. The van der Waals surface area contributed by atoms with Gasteiger partial charge in [0, 0.05) is 65.2 Å². The fourth-order valence-electron chi connectivity index (χ4n) is 18.7. The smallest absolute Gasteiger partial charge is 0.0546 e. The van der Waals surface area contributed by atoms with Crippen LogP contribution in [0.5, 0.6) is 0 Å². The molecule has 24 aromatic rings. The van der Waals surface area contributed by atoms with Crippen molar-refractivity contribution >= 4 is 130 Å². The Morgan fingerprint density at radius 1 is 0.112 bits per heavy atom. The maximum Gasteiger partial charge on any atom is 0.0546 e. The van der Waals surface area contributed by atoms with E-state index in [1.807, 2.05) is 0 Å². The van der Waals surface area contributed by atoms with Crippen LogP contribution in [-0.4, -0.2) is 18.3 Å². The first kappa shape index (κ1) is 66.4. The zero-order valence-corrected chi connectivity index (χ0v) is 63.4. The lowest BCUT2D eigenvalue weighted by molar-refractivity contribution is 1.18. The molecule has 116 heavy (non-hydrogen) atoms. The summed E-state index contributed by atoms with van der Waals surface area (Å²) in [6, 6.07) is 160. The van der Waals surface area contributed by atoms with E-state index in [0.717, 1.165) is 11.4 Å². The summed E-state index contributed by atoms with van der Waals surface area (Å²) in [5.74, 6) is 0. The topological polar surface area (TPSA) is 19.7 Å². The van der Waals surface area contributed by atoms with Crippen LogP contribution < -0.4 is 0 Å². The van der Waals surface area contributed by atoms with E-state index in [2.05, 4.69) is 455 Å². The van der Waals surface area contributed by atoms with Gasteiger partial charge in [-0.3, -0.25) is 0 Å². The van der Waals surface area contributed by atoms with Crippen molar-refractivity contribution in [1.29, 1.82) is 0 Å². The minimum Gasteiger partial charge on any atom is -0.309 e. The SMILES string of the molecule is c1ccc(-c2ccc(-c3ccc(-n4c5ccccc5c5cc(-c6ccc7c(c6)c6ccccc6n7-c6cc7ccccc7c7ccccc67)ccc54)cc3)cc2)cc1.c1ccc(-c2ccc(-c3cccc(-n4c5ccccc5c5cc(-c6ccc7c(c6)c6ccccc6n7-c6cc7ccccc7c7ccccc67)ccc54)c3)cc2)cc1. The van der Waals surface area contributed by atoms with Crippen molar-refractivity contribution in [1.82, 2.24) is 18.3 Å². The minimum atomic E-state index is 1.15. The highest BCUT2D eigenvalue weighted by molar-refractivity contribution is 6.19. The molecule has 540 valence electrons. The Kier molecular flexibility index (Phi) is 15.6. The fourth-order valence-corrected chi connectivity index (χ4v) is 18.7. The van der Waals surface area contributed by atoms with Crippen molar-refractivity contribution in [3.8, 4) is 89.5 Å².